The number of fused-ring (bicyclic) bond motifs is 3. The fraction of sp³-hybridized carbons (Fsp3) is 0.280. The van der Waals surface area contributed by atoms with E-state index in [0.29, 0.717) is 46.3 Å². The minimum absolute atomic E-state index is 0.0612. The van der Waals surface area contributed by atoms with Crippen LogP contribution >= 0.6 is 11.8 Å². The van der Waals surface area contributed by atoms with Gasteiger partial charge in [0.2, 0.25) is 5.91 Å². The van der Waals surface area contributed by atoms with Crippen LogP contribution in [0.1, 0.15) is 24.2 Å². The first-order valence-electron chi connectivity index (χ1n) is 11.1. The molecule has 2 heterocycles. The summed E-state index contributed by atoms with van der Waals surface area (Å²) in [6.45, 7) is 4.33. The van der Waals surface area contributed by atoms with Crippen LogP contribution in [-0.4, -0.2) is 45.5 Å². The van der Waals surface area contributed by atoms with Crippen LogP contribution in [-0.2, 0) is 23.1 Å². The number of rotatable bonds is 8. The molecule has 0 aliphatic heterocycles. The molecule has 35 heavy (non-hydrogen) atoms. The van der Waals surface area contributed by atoms with E-state index in [9.17, 15) is 14.4 Å². The molecule has 0 bridgehead atoms. The van der Waals surface area contributed by atoms with Crippen molar-refractivity contribution in [2.45, 2.75) is 25.5 Å². The highest BCUT2D eigenvalue weighted by Gasteiger charge is 2.19. The summed E-state index contributed by atoms with van der Waals surface area (Å²) >= 11 is 1.20. The van der Waals surface area contributed by atoms with Gasteiger partial charge in [-0.15, -0.1) is 0 Å². The van der Waals surface area contributed by atoms with Gasteiger partial charge in [-0.1, -0.05) is 11.8 Å². The number of nitrogens with one attached hydrogen (secondary N) is 1. The highest BCUT2D eigenvalue weighted by molar-refractivity contribution is 7.99. The van der Waals surface area contributed by atoms with E-state index in [-0.39, 0.29) is 17.2 Å². The maximum Gasteiger partial charge on any atom is 0.338 e. The van der Waals surface area contributed by atoms with Gasteiger partial charge in [-0.3, -0.25) is 14.2 Å². The summed E-state index contributed by atoms with van der Waals surface area (Å²) in [7, 11) is 3.43. The molecule has 0 saturated heterocycles. The second-order valence-electron chi connectivity index (χ2n) is 7.72. The Morgan fingerprint density at radius 1 is 1.11 bits per heavy atom. The summed E-state index contributed by atoms with van der Waals surface area (Å²) in [5.41, 5.74) is 2.77. The smallest absolute Gasteiger partial charge is 0.338 e. The van der Waals surface area contributed by atoms with Gasteiger partial charge < -0.3 is 19.4 Å². The number of thioether (sulfide) groups is 1. The van der Waals surface area contributed by atoms with Gasteiger partial charge in [0.1, 0.15) is 16.8 Å². The summed E-state index contributed by atoms with van der Waals surface area (Å²) in [5.74, 6) is 0.0709. The molecule has 2 aromatic carbocycles. The van der Waals surface area contributed by atoms with Crippen molar-refractivity contribution in [1.82, 2.24) is 14.1 Å². The van der Waals surface area contributed by atoms with Crippen LogP contribution in [0.5, 0.6) is 5.75 Å². The quantitative estimate of drug-likeness (QED) is 0.226. The third-order valence-electron chi connectivity index (χ3n) is 5.59. The topological polar surface area (TPSA) is 104 Å². The fourth-order valence-corrected chi connectivity index (χ4v) is 4.74. The van der Waals surface area contributed by atoms with E-state index in [4.69, 9.17) is 14.5 Å². The molecule has 0 aliphatic rings. The van der Waals surface area contributed by atoms with Gasteiger partial charge >= 0.3 is 5.97 Å². The Labute approximate surface area is 206 Å². The largest absolute Gasteiger partial charge is 0.497 e. The molecule has 1 N–H and O–H groups in total. The van der Waals surface area contributed by atoms with Crippen molar-refractivity contribution in [1.29, 1.82) is 0 Å². The number of methoxy groups -OCH3 is 1. The van der Waals surface area contributed by atoms with Crippen molar-refractivity contribution in [3.8, 4) is 5.75 Å². The highest BCUT2D eigenvalue weighted by atomic mass is 32.2. The number of aryl methyl sites for hydroxylation is 1. The first-order valence-corrected chi connectivity index (χ1v) is 12.1. The SMILES string of the molecule is CCOC(=O)c1ccc(NC(=O)CSc2nc3c4cc(OC)ccc4n(C)c3c(=O)n2CC)cc1. The van der Waals surface area contributed by atoms with E-state index in [1.807, 2.05) is 36.7 Å². The van der Waals surface area contributed by atoms with Crippen molar-refractivity contribution in [2.75, 3.05) is 24.8 Å². The van der Waals surface area contributed by atoms with Crippen LogP contribution in [0.3, 0.4) is 0 Å². The number of nitrogens with zero attached hydrogens (tertiary/aromatic N) is 3. The van der Waals surface area contributed by atoms with Crippen LogP contribution in [0.25, 0.3) is 21.9 Å². The average molecular weight is 495 g/mol. The molecule has 9 nitrogen and oxygen atoms in total. The van der Waals surface area contributed by atoms with Crippen molar-refractivity contribution in [2.24, 2.45) is 7.05 Å². The van der Waals surface area contributed by atoms with Gasteiger partial charge in [-0.2, -0.15) is 0 Å². The third-order valence-corrected chi connectivity index (χ3v) is 6.57. The van der Waals surface area contributed by atoms with Crippen LogP contribution in [0.15, 0.2) is 52.4 Å². The lowest BCUT2D eigenvalue weighted by atomic mass is 10.2. The number of aromatic nitrogens is 3. The Morgan fingerprint density at radius 3 is 2.51 bits per heavy atom. The van der Waals surface area contributed by atoms with Gasteiger partial charge in [0.25, 0.3) is 5.56 Å². The molecule has 0 radical (unpaired) electrons. The number of benzene rings is 2. The normalized spacial score (nSPS) is 11.1. The number of carbonyl (C=O) groups is 2. The first kappa shape index (κ1) is 24.3. The molecule has 0 atom stereocenters. The number of anilines is 1. The number of carbonyl (C=O) groups excluding carboxylic acids is 2. The van der Waals surface area contributed by atoms with E-state index in [2.05, 4.69) is 5.32 Å². The molecule has 0 unspecified atom stereocenters. The maximum absolute atomic E-state index is 13.3. The Balaban J connectivity index is 1.58. The van der Waals surface area contributed by atoms with Crippen LogP contribution in [0, 0.1) is 0 Å². The lowest BCUT2D eigenvalue weighted by molar-refractivity contribution is -0.113. The molecule has 4 aromatic rings. The minimum Gasteiger partial charge on any atom is -0.497 e. The lowest BCUT2D eigenvalue weighted by Crippen LogP contribution is -2.24. The number of ether oxygens (including phenoxy) is 2. The molecule has 0 fully saturated rings. The summed E-state index contributed by atoms with van der Waals surface area (Å²) in [6, 6.07) is 12.1. The van der Waals surface area contributed by atoms with E-state index in [1.165, 1.54) is 11.8 Å². The second kappa shape index (κ2) is 10.2. The van der Waals surface area contributed by atoms with Gasteiger partial charge in [0, 0.05) is 24.7 Å². The zero-order valence-electron chi connectivity index (χ0n) is 20.0. The summed E-state index contributed by atoms with van der Waals surface area (Å²) in [5, 5.41) is 4.08. The number of hydrogen-bond donors (Lipinski definition) is 1. The zero-order valence-corrected chi connectivity index (χ0v) is 20.8. The molecule has 182 valence electrons. The molecule has 4 rings (SSSR count). The summed E-state index contributed by atoms with van der Waals surface area (Å²) in [6.07, 6.45) is 0. The Kier molecular flexibility index (Phi) is 7.11. The maximum atomic E-state index is 13.3. The molecule has 0 saturated carbocycles. The lowest BCUT2D eigenvalue weighted by Gasteiger charge is -2.11. The van der Waals surface area contributed by atoms with E-state index in [0.717, 1.165) is 10.9 Å². The molecule has 2 aromatic heterocycles. The van der Waals surface area contributed by atoms with Crippen LogP contribution in [0.2, 0.25) is 0 Å². The van der Waals surface area contributed by atoms with Crippen molar-refractivity contribution in [3.05, 3.63) is 58.4 Å². The summed E-state index contributed by atoms with van der Waals surface area (Å²) in [4.78, 5) is 42.5. The van der Waals surface area contributed by atoms with Gasteiger partial charge in [0.15, 0.2) is 5.16 Å². The molecular formula is C25H26N4O5S. The number of amides is 1. The molecule has 0 spiro atoms. The first-order chi connectivity index (χ1) is 16.9. The minimum atomic E-state index is -0.411. The number of esters is 1. The highest BCUT2D eigenvalue weighted by Crippen LogP contribution is 2.30. The predicted octanol–water partition coefficient (Wildman–Crippen LogP) is 3.82. The average Bonchev–Trinajstić information content (AvgIpc) is 3.14. The predicted molar refractivity (Wildman–Crippen MR) is 136 cm³/mol. The summed E-state index contributed by atoms with van der Waals surface area (Å²) < 4.78 is 13.7. The van der Waals surface area contributed by atoms with E-state index >= 15 is 0 Å². The molecule has 0 aliphatic carbocycles. The monoisotopic (exact) mass is 494 g/mol. The molecule has 10 heteroatoms. The Hall–Kier alpha value is -3.79. The van der Waals surface area contributed by atoms with Gasteiger partial charge in [-0.25, -0.2) is 9.78 Å². The van der Waals surface area contributed by atoms with E-state index < -0.39 is 5.97 Å². The van der Waals surface area contributed by atoms with Gasteiger partial charge in [0.05, 0.1) is 30.5 Å². The third kappa shape index (κ3) is 4.74. The van der Waals surface area contributed by atoms with Crippen molar-refractivity contribution >= 4 is 51.3 Å². The Bertz CT molecular complexity index is 1470. The standard InChI is InChI=1S/C25H26N4O5S/c1-5-29-23(31)22-21(18-13-17(33-4)11-12-19(18)28(22)3)27-25(29)35-14-20(30)26-16-9-7-15(8-10-16)24(32)34-6-2/h7-13H,5-6,14H2,1-4H3,(H,26,30). The van der Waals surface area contributed by atoms with Crippen LogP contribution in [0.4, 0.5) is 5.69 Å². The van der Waals surface area contributed by atoms with Crippen molar-refractivity contribution in [3.63, 3.8) is 0 Å². The fourth-order valence-electron chi connectivity index (χ4n) is 3.88. The second-order valence-corrected chi connectivity index (χ2v) is 8.66. The molecular weight excluding hydrogens is 468 g/mol. The van der Waals surface area contributed by atoms with E-state index in [1.54, 1.807) is 42.9 Å². The van der Waals surface area contributed by atoms with Gasteiger partial charge in [-0.05, 0) is 56.3 Å². The number of hydrogen-bond acceptors (Lipinski definition) is 7. The van der Waals surface area contributed by atoms with Crippen LogP contribution < -0.4 is 15.6 Å². The Morgan fingerprint density at radius 2 is 1.86 bits per heavy atom. The van der Waals surface area contributed by atoms with Crippen molar-refractivity contribution < 1.29 is 19.1 Å². The zero-order chi connectivity index (χ0) is 25.1. The molecule has 1 amide bonds.